The topological polar surface area (TPSA) is 43.0 Å². The fourth-order valence-corrected chi connectivity index (χ4v) is 3.09. The number of hydrogen-bond acceptors (Lipinski definition) is 3. The monoisotopic (exact) mass is 259 g/mol. The molecule has 1 saturated heterocycles. The molecule has 0 bridgehead atoms. The molecule has 2 aromatic rings. The molecular weight excluding hydrogens is 238 g/mol. The summed E-state index contributed by atoms with van der Waals surface area (Å²) >= 11 is 0. The van der Waals surface area contributed by atoms with Crippen LogP contribution in [0.2, 0.25) is 0 Å². The summed E-state index contributed by atoms with van der Waals surface area (Å²) in [5.41, 5.74) is 3.58. The molecule has 3 heterocycles. The number of rotatable bonds is 2. The molecule has 3 rings (SSSR count). The SMILES string of the molecule is Cc1ccc(-c2nn(C)c(C3CCCNC3)c2C)o1. The van der Waals surface area contributed by atoms with Crippen molar-refractivity contribution in [2.45, 2.75) is 32.6 Å². The highest BCUT2D eigenvalue weighted by molar-refractivity contribution is 5.59. The van der Waals surface area contributed by atoms with E-state index in [1.54, 1.807) is 0 Å². The number of nitrogens with zero attached hydrogens (tertiary/aromatic N) is 2. The Morgan fingerprint density at radius 2 is 2.21 bits per heavy atom. The van der Waals surface area contributed by atoms with Crippen LogP contribution in [0.3, 0.4) is 0 Å². The summed E-state index contributed by atoms with van der Waals surface area (Å²) in [6.07, 6.45) is 2.48. The van der Waals surface area contributed by atoms with Crippen LogP contribution in [0, 0.1) is 13.8 Å². The second kappa shape index (κ2) is 4.85. The molecule has 1 unspecified atom stereocenters. The van der Waals surface area contributed by atoms with Gasteiger partial charge in [0.1, 0.15) is 11.5 Å². The van der Waals surface area contributed by atoms with E-state index in [2.05, 4.69) is 17.3 Å². The van der Waals surface area contributed by atoms with Crippen molar-refractivity contribution >= 4 is 0 Å². The molecule has 1 aliphatic rings. The molecule has 1 atom stereocenters. The van der Waals surface area contributed by atoms with Crippen LogP contribution < -0.4 is 5.32 Å². The van der Waals surface area contributed by atoms with Gasteiger partial charge in [-0.2, -0.15) is 5.10 Å². The zero-order valence-corrected chi connectivity index (χ0v) is 11.9. The van der Waals surface area contributed by atoms with Crippen molar-refractivity contribution in [2.24, 2.45) is 7.05 Å². The first kappa shape index (κ1) is 12.5. The Balaban J connectivity index is 2.00. The molecule has 4 nitrogen and oxygen atoms in total. The summed E-state index contributed by atoms with van der Waals surface area (Å²) < 4.78 is 7.74. The Hall–Kier alpha value is -1.55. The van der Waals surface area contributed by atoms with E-state index in [-0.39, 0.29) is 0 Å². The Morgan fingerprint density at radius 3 is 2.84 bits per heavy atom. The normalized spacial score (nSPS) is 19.8. The molecule has 0 aromatic carbocycles. The van der Waals surface area contributed by atoms with E-state index in [0.29, 0.717) is 5.92 Å². The van der Waals surface area contributed by atoms with Gasteiger partial charge >= 0.3 is 0 Å². The second-order valence-electron chi connectivity index (χ2n) is 5.44. The predicted molar refractivity (Wildman–Crippen MR) is 75.2 cm³/mol. The van der Waals surface area contributed by atoms with Crippen LogP contribution >= 0.6 is 0 Å². The molecule has 4 heteroatoms. The molecule has 1 N–H and O–H groups in total. The minimum absolute atomic E-state index is 0.566. The van der Waals surface area contributed by atoms with Crippen LogP contribution in [0.15, 0.2) is 16.5 Å². The lowest BCUT2D eigenvalue weighted by Gasteiger charge is -2.23. The van der Waals surface area contributed by atoms with Crippen LogP contribution in [0.4, 0.5) is 0 Å². The van der Waals surface area contributed by atoms with Gasteiger partial charge in [-0.15, -0.1) is 0 Å². The summed E-state index contributed by atoms with van der Waals surface area (Å²) in [6, 6.07) is 4.00. The zero-order chi connectivity index (χ0) is 13.4. The molecule has 1 aliphatic heterocycles. The second-order valence-corrected chi connectivity index (χ2v) is 5.44. The lowest BCUT2D eigenvalue weighted by molar-refractivity contribution is 0.440. The average Bonchev–Trinajstić information content (AvgIpc) is 2.95. The first-order valence-corrected chi connectivity index (χ1v) is 6.98. The van der Waals surface area contributed by atoms with Crippen molar-refractivity contribution in [3.05, 3.63) is 29.2 Å². The molecule has 19 heavy (non-hydrogen) atoms. The zero-order valence-electron chi connectivity index (χ0n) is 11.9. The summed E-state index contributed by atoms with van der Waals surface area (Å²) in [4.78, 5) is 0. The van der Waals surface area contributed by atoms with Crippen molar-refractivity contribution in [3.63, 3.8) is 0 Å². The number of aryl methyl sites for hydroxylation is 2. The summed E-state index contributed by atoms with van der Waals surface area (Å²) in [7, 11) is 2.04. The van der Waals surface area contributed by atoms with Crippen molar-refractivity contribution in [2.75, 3.05) is 13.1 Å². The van der Waals surface area contributed by atoms with E-state index >= 15 is 0 Å². The first-order valence-electron chi connectivity index (χ1n) is 6.98. The van der Waals surface area contributed by atoms with Gasteiger partial charge in [-0.3, -0.25) is 4.68 Å². The molecule has 0 saturated carbocycles. The molecule has 0 aliphatic carbocycles. The van der Waals surface area contributed by atoms with Gasteiger partial charge in [-0.05, 0) is 45.4 Å². The number of piperidine rings is 1. The largest absolute Gasteiger partial charge is 0.460 e. The molecule has 102 valence electrons. The quantitative estimate of drug-likeness (QED) is 0.901. The highest BCUT2D eigenvalue weighted by Crippen LogP contribution is 2.32. The third-order valence-corrected chi connectivity index (χ3v) is 4.00. The maximum Gasteiger partial charge on any atom is 0.154 e. The van der Waals surface area contributed by atoms with E-state index in [1.165, 1.54) is 24.1 Å². The Kier molecular flexibility index (Phi) is 3.19. The van der Waals surface area contributed by atoms with Gasteiger partial charge in [-0.25, -0.2) is 0 Å². The first-order chi connectivity index (χ1) is 9.16. The van der Waals surface area contributed by atoms with Gasteiger partial charge in [0, 0.05) is 30.8 Å². The van der Waals surface area contributed by atoms with Crippen LogP contribution in [0.1, 0.15) is 35.8 Å². The van der Waals surface area contributed by atoms with E-state index in [4.69, 9.17) is 4.42 Å². The van der Waals surface area contributed by atoms with Gasteiger partial charge < -0.3 is 9.73 Å². The Labute approximate surface area is 113 Å². The lowest BCUT2D eigenvalue weighted by atomic mass is 9.93. The molecular formula is C15H21N3O. The molecule has 0 amide bonds. The Bertz CT molecular complexity index is 576. The van der Waals surface area contributed by atoms with Crippen molar-refractivity contribution in [1.29, 1.82) is 0 Å². The van der Waals surface area contributed by atoms with E-state index < -0.39 is 0 Å². The van der Waals surface area contributed by atoms with Crippen molar-refractivity contribution < 1.29 is 4.42 Å². The minimum Gasteiger partial charge on any atom is -0.460 e. The average molecular weight is 259 g/mol. The third-order valence-electron chi connectivity index (χ3n) is 4.00. The van der Waals surface area contributed by atoms with Gasteiger partial charge in [0.05, 0.1) is 0 Å². The van der Waals surface area contributed by atoms with Gasteiger partial charge in [0.2, 0.25) is 0 Å². The van der Waals surface area contributed by atoms with Crippen molar-refractivity contribution in [3.8, 4) is 11.5 Å². The van der Waals surface area contributed by atoms with Gasteiger partial charge in [0.25, 0.3) is 0 Å². The summed E-state index contributed by atoms with van der Waals surface area (Å²) in [5.74, 6) is 2.37. The number of hydrogen-bond donors (Lipinski definition) is 1. The number of aromatic nitrogens is 2. The van der Waals surface area contributed by atoms with Crippen LogP contribution in [-0.2, 0) is 7.05 Å². The summed E-state index contributed by atoms with van der Waals surface area (Å²) in [6.45, 7) is 6.31. The van der Waals surface area contributed by atoms with E-state index in [1.807, 2.05) is 30.8 Å². The standard InChI is InChI=1S/C15H21N3O/c1-10-6-7-13(19-10)14-11(2)15(18(3)17-14)12-5-4-8-16-9-12/h6-7,12,16H,4-5,8-9H2,1-3H3. The fourth-order valence-electron chi connectivity index (χ4n) is 3.09. The van der Waals surface area contributed by atoms with E-state index in [0.717, 1.165) is 30.3 Å². The predicted octanol–water partition coefficient (Wildman–Crippen LogP) is 2.76. The smallest absolute Gasteiger partial charge is 0.154 e. The highest BCUT2D eigenvalue weighted by Gasteiger charge is 2.24. The molecule has 1 fully saturated rings. The summed E-state index contributed by atoms with van der Waals surface area (Å²) in [5, 5.41) is 8.14. The maximum atomic E-state index is 5.71. The number of furan rings is 1. The van der Waals surface area contributed by atoms with Crippen molar-refractivity contribution in [1.82, 2.24) is 15.1 Å². The molecule has 0 radical (unpaired) electrons. The van der Waals surface area contributed by atoms with Gasteiger partial charge in [-0.1, -0.05) is 0 Å². The van der Waals surface area contributed by atoms with Gasteiger partial charge in [0.15, 0.2) is 5.76 Å². The van der Waals surface area contributed by atoms with Crippen LogP contribution in [0.25, 0.3) is 11.5 Å². The minimum atomic E-state index is 0.566. The maximum absolute atomic E-state index is 5.71. The third kappa shape index (κ3) is 2.21. The Morgan fingerprint density at radius 1 is 1.37 bits per heavy atom. The molecule has 2 aromatic heterocycles. The van der Waals surface area contributed by atoms with E-state index in [9.17, 15) is 0 Å². The van der Waals surface area contributed by atoms with Crippen LogP contribution in [0.5, 0.6) is 0 Å². The number of nitrogens with one attached hydrogen (secondary N) is 1. The molecule has 0 spiro atoms. The highest BCUT2D eigenvalue weighted by atomic mass is 16.3. The lowest BCUT2D eigenvalue weighted by Crippen LogP contribution is -2.29. The fraction of sp³-hybridized carbons (Fsp3) is 0.533. The van der Waals surface area contributed by atoms with Crippen LogP contribution in [-0.4, -0.2) is 22.9 Å².